The number of carbonyl (C=O) groups is 2. The van der Waals surface area contributed by atoms with Crippen molar-refractivity contribution in [1.82, 2.24) is 4.90 Å². The highest BCUT2D eigenvalue weighted by Gasteiger charge is 2.31. The Kier molecular flexibility index (Phi) is 5.90. The van der Waals surface area contributed by atoms with Crippen molar-refractivity contribution >= 4 is 23.2 Å². The smallest absolute Gasteiger partial charge is 0.241 e. The Morgan fingerprint density at radius 3 is 2.70 bits per heavy atom. The quantitative estimate of drug-likeness (QED) is 0.822. The van der Waals surface area contributed by atoms with Gasteiger partial charge in [0.15, 0.2) is 11.5 Å². The van der Waals surface area contributed by atoms with Crippen LogP contribution in [0, 0.1) is 0 Å². The number of carbonyl (C=O) groups excluding carboxylic acids is 2. The number of ether oxygens (including phenoxy) is 2. The van der Waals surface area contributed by atoms with E-state index in [9.17, 15) is 9.59 Å². The van der Waals surface area contributed by atoms with E-state index in [4.69, 9.17) is 9.47 Å². The van der Waals surface area contributed by atoms with Crippen LogP contribution in [0.25, 0.3) is 0 Å². The molecule has 0 aromatic heterocycles. The normalized spacial score (nSPS) is 20.4. The number of benzene rings is 2. The molecule has 2 aliphatic rings. The Labute approximate surface area is 176 Å². The summed E-state index contributed by atoms with van der Waals surface area (Å²) in [6.45, 7) is 5.90. The molecule has 0 saturated carbocycles. The molecule has 7 nitrogen and oxygen atoms in total. The van der Waals surface area contributed by atoms with Crippen LogP contribution in [-0.4, -0.2) is 55.1 Å². The Morgan fingerprint density at radius 1 is 1.17 bits per heavy atom. The van der Waals surface area contributed by atoms with E-state index in [0.717, 1.165) is 17.2 Å². The minimum absolute atomic E-state index is 0.0366. The lowest BCUT2D eigenvalue weighted by Crippen LogP contribution is -2.48. The molecule has 0 spiro atoms. The lowest BCUT2D eigenvalue weighted by Gasteiger charge is -2.33. The summed E-state index contributed by atoms with van der Waals surface area (Å²) in [5.74, 6) is 1.37. The molecular formula is C23H27N3O4. The van der Waals surface area contributed by atoms with E-state index in [1.807, 2.05) is 62.4 Å². The molecule has 0 saturated heterocycles. The first kappa shape index (κ1) is 20.2. The summed E-state index contributed by atoms with van der Waals surface area (Å²) >= 11 is 0. The minimum Gasteiger partial charge on any atom is -0.486 e. The molecule has 30 heavy (non-hydrogen) atoms. The lowest BCUT2D eigenvalue weighted by molar-refractivity contribution is -0.120. The summed E-state index contributed by atoms with van der Waals surface area (Å²) in [7, 11) is 0. The number of para-hydroxylation sites is 4. The molecule has 7 heteroatoms. The second kappa shape index (κ2) is 8.75. The van der Waals surface area contributed by atoms with Gasteiger partial charge in [0.25, 0.3) is 0 Å². The van der Waals surface area contributed by atoms with Crippen LogP contribution >= 0.6 is 0 Å². The number of hydrogen-bond acceptors (Lipinski definition) is 5. The van der Waals surface area contributed by atoms with Gasteiger partial charge in [-0.2, -0.15) is 0 Å². The Bertz CT molecular complexity index is 932. The van der Waals surface area contributed by atoms with Gasteiger partial charge in [-0.15, -0.1) is 0 Å². The number of rotatable bonds is 5. The maximum atomic E-state index is 13.3. The summed E-state index contributed by atoms with van der Waals surface area (Å²) in [5.41, 5.74) is 1.41. The molecule has 2 amide bonds. The predicted molar refractivity (Wildman–Crippen MR) is 115 cm³/mol. The van der Waals surface area contributed by atoms with E-state index >= 15 is 0 Å². The van der Waals surface area contributed by atoms with E-state index in [0.29, 0.717) is 25.4 Å². The molecule has 1 N–H and O–H groups in total. The van der Waals surface area contributed by atoms with Crippen molar-refractivity contribution in [1.29, 1.82) is 0 Å². The van der Waals surface area contributed by atoms with Gasteiger partial charge in [-0.3, -0.25) is 14.5 Å². The number of fused-ring (bicyclic) bond motifs is 2. The van der Waals surface area contributed by atoms with Gasteiger partial charge in [-0.1, -0.05) is 31.2 Å². The van der Waals surface area contributed by atoms with Gasteiger partial charge >= 0.3 is 0 Å². The van der Waals surface area contributed by atoms with Crippen LogP contribution in [0.3, 0.4) is 0 Å². The van der Waals surface area contributed by atoms with Crippen LogP contribution in [0.2, 0.25) is 0 Å². The molecule has 2 atom stereocenters. The monoisotopic (exact) mass is 409 g/mol. The topological polar surface area (TPSA) is 71.1 Å². The van der Waals surface area contributed by atoms with E-state index in [1.165, 1.54) is 0 Å². The van der Waals surface area contributed by atoms with E-state index < -0.39 is 0 Å². The molecule has 0 bridgehead atoms. The number of nitrogens with zero attached hydrogens (tertiary/aromatic N) is 2. The Hall–Kier alpha value is -3.06. The standard InChI is InChI=1S/C23H27N3O4/c1-3-25(13-17-15-29-20-10-6-7-11-21(20)30-17)14-23(28)26-16(2)12-22(27)24-18-8-4-5-9-19(18)26/h4-11,16-17H,3,12-15H2,1-2H3,(H,24,27). The molecule has 0 aliphatic carbocycles. The molecule has 0 fully saturated rings. The zero-order valence-electron chi connectivity index (χ0n) is 17.3. The van der Waals surface area contributed by atoms with Crippen LogP contribution < -0.4 is 19.7 Å². The van der Waals surface area contributed by atoms with E-state index in [2.05, 4.69) is 10.2 Å². The SMILES string of the molecule is CCN(CC(=O)N1c2ccccc2NC(=O)CC1C)CC1COc2ccccc2O1. The fourth-order valence-electron chi connectivity index (χ4n) is 3.98. The Balaban J connectivity index is 1.46. The van der Waals surface area contributed by atoms with Crippen LogP contribution in [0.5, 0.6) is 11.5 Å². The molecule has 2 heterocycles. The van der Waals surface area contributed by atoms with Gasteiger partial charge in [0.2, 0.25) is 11.8 Å². The van der Waals surface area contributed by atoms with Crippen LogP contribution in [-0.2, 0) is 9.59 Å². The maximum Gasteiger partial charge on any atom is 0.241 e. The highest BCUT2D eigenvalue weighted by atomic mass is 16.6. The van der Waals surface area contributed by atoms with Gasteiger partial charge in [-0.05, 0) is 37.7 Å². The summed E-state index contributed by atoms with van der Waals surface area (Å²) < 4.78 is 11.9. The first-order valence-electron chi connectivity index (χ1n) is 10.4. The van der Waals surface area contributed by atoms with Crippen molar-refractivity contribution in [3.05, 3.63) is 48.5 Å². The van der Waals surface area contributed by atoms with Gasteiger partial charge in [0.1, 0.15) is 12.7 Å². The fourth-order valence-corrected chi connectivity index (χ4v) is 3.98. The van der Waals surface area contributed by atoms with Gasteiger partial charge in [0.05, 0.1) is 17.9 Å². The van der Waals surface area contributed by atoms with Gasteiger partial charge in [-0.25, -0.2) is 0 Å². The second-order valence-corrected chi connectivity index (χ2v) is 7.71. The molecule has 2 aliphatic heterocycles. The minimum atomic E-state index is -0.221. The number of hydrogen-bond donors (Lipinski definition) is 1. The first-order valence-corrected chi connectivity index (χ1v) is 10.4. The average Bonchev–Trinajstić information content (AvgIpc) is 2.87. The molecule has 2 aromatic rings. The van der Waals surface area contributed by atoms with Crippen molar-refractivity contribution in [2.24, 2.45) is 0 Å². The molecule has 2 unspecified atom stereocenters. The van der Waals surface area contributed by atoms with Crippen molar-refractivity contribution in [3.8, 4) is 11.5 Å². The van der Waals surface area contributed by atoms with Crippen molar-refractivity contribution in [2.45, 2.75) is 32.4 Å². The van der Waals surface area contributed by atoms with Crippen LogP contribution in [0.15, 0.2) is 48.5 Å². The number of amides is 2. The van der Waals surface area contributed by atoms with Crippen molar-refractivity contribution in [2.75, 3.05) is 36.5 Å². The largest absolute Gasteiger partial charge is 0.486 e. The molecule has 158 valence electrons. The van der Waals surface area contributed by atoms with Gasteiger partial charge < -0.3 is 19.7 Å². The molecule has 2 aromatic carbocycles. The van der Waals surface area contributed by atoms with Crippen molar-refractivity contribution in [3.63, 3.8) is 0 Å². The summed E-state index contributed by atoms with van der Waals surface area (Å²) in [4.78, 5) is 29.3. The highest BCUT2D eigenvalue weighted by molar-refractivity contribution is 6.04. The number of likely N-dealkylation sites (N-methyl/N-ethyl adjacent to an activating group) is 1. The average molecular weight is 409 g/mol. The number of nitrogens with one attached hydrogen (secondary N) is 1. The van der Waals surface area contributed by atoms with Crippen molar-refractivity contribution < 1.29 is 19.1 Å². The second-order valence-electron chi connectivity index (χ2n) is 7.71. The summed E-state index contributed by atoms with van der Waals surface area (Å²) in [6.07, 6.45) is 0.118. The Morgan fingerprint density at radius 2 is 1.90 bits per heavy atom. The van der Waals surface area contributed by atoms with Crippen LogP contribution in [0.1, 0.15) is 20.3 Å². The third-order valence-electron chi connectivity index (χ3n) is 5.46. The highest BCUT2D eigenvalue weighted by Crippen LogP contribution is 2.32. The zero-order valence-corrected chi connectivity index (χ0v) is 17.3. The molecular weight excluding hydrogens is 382 g/mol. The summed E-state index contributed by atoms with van der Waals surface area (Å²) in [6, 6.07) is 14.8. The van der Waals surface area contributed by atoms with E-state index in [1.54, 1.807) is 4.90 Å². The first-order chi connectivity index (χ1) is 14.5. The lowest BCUT2D eigenvalue weighted by atomic mass is 10.1. The number of anilines is 2. The summed E-state index contributed by atoms with van der Waals surface area (Å²) in [5, 5.41) is 2.90. The predicted octanol–water partition coefficient (Wildman–Crippen LogP) is 2.91. The molecule has 0 radical (unpaired) electrons. The fraction of sp³-hybridized carbons (Fsp3) is 0.391. The third-order valence-corrected chi connectivity index (χ3v) is 5.46. The van der Waals surface area contributed by atoms with E-state index in [-0.39, 0.29) is 36.9 Å². The maximum absolute atomic E-state index is 13.3. The van der Waals surface area contributed by atoms with Gasteiger partial charge in [0, 0.05) is 19.0 Å². The molecule has 4 rings (SSSR count). The zero-order chi connectivity index (χ0) is 21.1. The third kappa shape index (κ3) is 4.26. The van der Waals surface area contributed by atoms with Crippen LogP contribution in [0.4, 0.5) is 11.4 Å².